The van der Waals surface area contributed by atoms with Gasteiger partial charge in [-0.1, -0.05) is 6.92 Å². The molecule has 1 atom stereocenters. The lowest BCUT2D eigenvalue weighted by Gasteiger charge is -2.26. The number of aryl methyl sites for hydroxylation is 1. The zero-order chi connectivity index (χ0) is 12.5. The van der Waals surface area contributed by atoms with Crippen molar-refractivity contribution in [2.45, 2.75) is 26.2 Å². The van der Waals surface area contributed by atoms with Gasteiger partial charge in [0.1, 0.15) is 0 Å². The van der Waals surface area contributed by atoms with Crippen LogP contribution in [0.25, 0.3) is 0 Å². The molecular formula is C14H19NO2S. The molecule has 98 valence electrons. The van der Waals surface area contributed by atoms with Crippen LogP contribution in [-0.2, 0) is 17.6 Å². The van der Waals surface area contributed by atoms with E-state index in [4.69, 9.17) is 4.74 Å². The van der Waals surface area contributed by atoms with Crippen molar-refractivity contribution in [2.24, 2.45) is 5.92 Å². The van der Waals surface area contributed by atoms with Gasteiger partial charge in [0.2, 0.25) is 0 Å². The summed E-state index contributed by atoms with van der Waals surface area (Å²) in [4.78, 5) is 16.7. The predicted octanol–water partition coefficient (Wildman–Crippen LogP) is 2.35. The molecule has 1 aliphatic carbocycles. The van der Waals surface area contributed by atoms with Gasteiger partial charge in [0.05, 0.1) is 18.1 Å². The Hall–Kier alpha value is -0.870. The molecule has 0 bridgehead atoms. The first-order chi connectivity index (χ1) is 8.74. The maximum absolute atomic E-state index is 12.4. The fourth-order valence-corrected chi connectivity index (χ4v) is 3.91. The summed E-state index contributed by atoms with van der Waals surface area (Å²) in [6, 6.07) is 2.13. The first-order valence-electron chi connectivity index (χ1n) is 6.72. The Kier molecular flexibility index (Phi) is 3.39. The van der Waals surface area contributed by atoms with Crippen LogP contribution in [0.15, 0.2) is 6.07 Å². The van der Waals surface area contributed by atoms with Crippen LogP contribution in [0.5, 0.6) is 0 Å². The first kappa shape index (κ1) is 12.2. The Bertz CT molecular complexity index is 449. The summed E-state index contributed by atoms with van der Waals surface area (Å²) < 4.78 is 5.29. The minimum absolute atomic E-state index is 0.199. The molecule has 2 heterocycles. The summed E-state index contributed by atoms with van der Waals surface area (Å²) in [5.74, 6) is 0.962. The largest absolute Gasteiger partial charge is 0.378 e. The minimum Gasteiger partial charge on any atom is -0.378 e. The lowest BCUT2D eigenvalue weighted by atomic mass is 9.90. The zero-order valence-corrected chi connectivity index (χ0v) is 11.6. The monoisotopic (exact) mass is 265 g/mol. The molecule has 1 aromatic heterocycles. The van der Waals surface area contributed by atoms with Gasteiger partial charge in [0.25, 0.3) is 5.91 Å². The highest BCUT2D eigenvalue weighted by Crippen LogP contribution is 2.32. The molecule has 1 unspecified atom stereocenters. The van der Waals surface area contributed by atoms with Crippen molar-refractivity contribution in [3.8, 4) is 0 Å². The van der Waals surface area contributed by atoms with E-state index in [2.05, 4.69) is 13.0 Å². The number of nitrogens with zero attached hydrogens (tertiary/aromatic N) is 1. The van der Waals surface area contributed by atoms with Crippen molar-refractivity contribution in [1.82, 2.24) is 4.90 Å². The van der Waals surface area contributed by atoms with Crippen molar-refractivity contribution < 1.29 is 9.53 Å². The molecule has 3 nitrogen and oxygen atoms in total. The van der Waals surface area contributed by atoms with Crippen molar-refractivity contribution >= 4 is 17.2 Å². The number of thiophene rings is 1. The third-order valence-corrected chi connectivity index (χ3v) is 5.06. The lowest BCUT2D eigenvalue weighted by molar-refractivity contribution is 0.0306. The Balaban J connectivity index is 1.78. The molecular weight excluding hydrogens is 246 g/mol. The number of carbonyl (C=O) groups excluding carboxylic acids is 1. The van der Waals surface area contributed by atoms with Gasteiger partial charge in [-0.2, -0.15) is 0 Å². The molecule has 3 rings (SSSR count). The van der Waals surface area contributed by atoms with Crippen LogP contribution in [0.2, 0.25) is 0 Å². The molecule has 0 N–H and O–H groups in total. The normalized spacial score (nSPS) is 23.8. The van der Waals surface area contributed by atoms with Crippen LogP contribution in [0.1, 0.15) is 33.5 Å². The number of hydrogen-bond acceptors (Lipinski definition) is 3. The van der Waals surface area contributed by atoms with E-state index in [0.29, 0.717) is 13.2 Å². The number of amides is 1. The molecule has 18 heavy (non-hydrogen) atoms. The Labute approximate surface area is 112 Å². The highest BCUT2D eigenvalue weighted by atomic mass is 32.1. The molecule has 0 aromatic carbocycles. The summed E-state index contributed by atoms with van der Waals surface area (Å²) in [5, 5.41) is 0. The van der Waals surface area contributed by atoms with E-state index in [1.165, 1.54) is 16.9 Å². The van der Waals surface area contributed by atoms with Crippen molar-refractivity contribution in [2.75, 3.05) is 26.3 Å². The Morgan fingerprint density at radius 1 is 1.44 bits per heavy atom. The van der Waals surface area contributed by atoms with E-state index >= 15 is 0 Å². The third kappa shape index (κ3) is 2.31. The number of morpholine rings is 1. The average Bonchev–Trinajstić information content (AvgIpc) is 2.81. The van der Waals surface area contributed by atoms with E-state index < -0.39 is 0 Å². The Morgan fingerprint density at radius 2 is 2.22 bits per heavy atom. The second kappa shape index (κ2) is 5.02. The zero-order valence-electron chi connectivity index (χ0n) is 10.8. The van der Waals surface area contributed by atoms with Gasteiger partial charge in [0.15, 0.2) is 0 Å². The Morgan fingerprint density at radius 3 is 3.00 bits per heavy atom. The highest BCUT2D eigenvalue weighted by Gasteiger charge is 2.24. The molecule has 0 saturated carbocycles. The number of rotatable bonds is 1. The van der Waals surface area contributed by atoms with Crippen molar-refractivity contribution in [3.05, 3.63) is 21.4 Å². The van der Waals surface area contributed by atoms with Crippen LogP contribution < -0.4 is 0 Å². The van der Waals surface area contributed by atoms with Crippen LogP contribution in [0.4, 0.5) is 0 Å². The summed E-state index contributed by atoms with van der Waals surface area (Å²) in [5.41, 5.74) is 1.41. The molecule has 1 saturated heterocycles. The van der Waals surface area contributed by atoms with E-state index in [-0.39, 0.29) is 5.91 Å². The molecule has 1 fully saturated rings. The molecule has 1 aromatic rings. The molecule has 0 spiro atoms. The molecule has 1 amide bonds. The molecule has 0 radical (unpaired) electrons. The SMILES string of the molecule is CC1CCc2sc(C(=O)N3CCOCC3)cc2C1. The van der Waals surface area contributed by atoms with Gasteiger partial charge in [-0.3, -0.25) is 4.79 Å². The summed E-state index contributed by atoms with van der Waals surface area (Å²) >= 11 is 1.71. The lowest BCUT2D eigenvalue weighted by Crippen LogP contribution is -2.40. The van der Waals surface area contributed by atoms with Gasteiger partial charge in [-0.05, 0) is 36.8 Å². The number of hydrogen-bond donors (Lipinski definition) is 0. The van der Waals surface area contributed by atoms with Crippen molar-refractivity contribution in [1.29, 1.82) is 0 Å². The third-order valence-electron chi connectivity index (χ3n) is 3.84. The van der Waals surface area contributed by atoms with Crippen LogP contribution >= 0.6 is 11.3 Å². The first-order valence-corrected chi connectivity index (χ1v) is 7.54. The smallest absolute Gasteiger partial charge is 0.264 e. The minimum atomic E-state index is 0.199. The van der Waals surface area contributed by atoms with Gasteiger partial charge in [-0.15, -0.1) is 11.3 Å². The molecule has 4 heteroatoms. The maximum Gasteiger partial charge on any atom is 0.264 e. The van der Waals surface area contributed by atoms with E-state index in [9.17, 15) is 4.79 Å². The maximum atomic E-state index is 12.4. The number of fused-ring (bicyclic) bond motifs is 1. The number of carbonyl (C=O) groups is 1. The predicted molar refractivity (Wildman–Crippen MR) is 72.2 cm³/mol. The quantitative estimate of drug-likeness (QED) is 0.780. The summed E-state index contributed by atoms with van der Waals surface area (Å²) in [7, 11) is 0. The second-order valence-electron chi connectivity index (χ2n) is 5.31. The fourth-order valence-electron chi connectivity index (χ4n) is 2.73. The van der Waals surface area contributed by atoms with Crippen molar-refractivity contribution in [3.63, 3.8) is 0 Å². The second-order valence-corrected chi connectivity index (χ2v) is 6.45. The fraction of sp³-hybridized carbons (Fsp3) is 0.643. The van der Waals surface area contributed by atoms with Crippen LogP contribution in [-0.4, -0.2) is 37.1 Å². The van der Waals surface area contributed by atoms with Gasteiger partial charge >= 0.3 is 0 Å². The molecule has 2 aliphatic rings. The topological polar surface area (TPSA) is 29.5 Å². The van der Waals surface area contributed by atoms with E-state index in [1.807, 2.05) is 4.90 Å². The van der Waals surface area contributed by atoms with Gasteiger partial charge in [0, 0.05) is 18.0 Å². The van der Waals surface area contributed by atoms with E-state index in [0.717, 1.165) is 36.7 Å². The highest BCUT2D eigenvalue weighted by molar-refractivity contribution is 7.14. The summed E-state index contributed by atoms with van der Waals surface area (Å²) in [6.07, 6.45) is 3.55. The van der Waals surface area contributed by atoms with E-state index in [1.54, 1.807) is 11.3 Å². The standard InChI is InChI=1S/C14H19NO2S/c1-10-2-3-12-11(8-10)9-13(18-12)14(16)15-4-6-17-7-5-15/h9-10H,2-8H2,1H3. The number of ether oxygens (including phenoxy) is 1. The van der Waals surface area contributed by atoms with Crippen LogP contribution in [0, 0.1) is 5.92 Å². The van der Waals surface area contributed by atoms with Crippen LogP contribution in [0.3, 0.4) is 0 Å². The molecule has 1 aliphatic heterocycles. The average molecular weight is 265 g/mol. The van der Waals surface area contributed by atoms with Gasteiger partial charge < -0.3 is 9.64 Å². The summed E-state index contributed by atoms with van der Waals surface area (Å²) in [6.45, 7) is 5.11. The van der Waals surface area contributed by atoms with Gasteiger partial charge in [-0.25, -0.2) is 0 Å².